The molecular weight excluding hydrogens is 410 g/mol. The van der Waals surface area contributed by atoms with Gasteiger partial charge in [0, 0.05) is 40.8 Å². The van der Waals surface area contributed by atoms with Gasteiger partial charge in [-0.1, -0.05) is 18.2 Å². The van der Waals surface area contributed by atoms with Gasteiger partial charge in [-0.2, -0.15) is 5.48 Å². The van der Waals surface area contributed by atoms with Crippen molar-refractivity contribution >= 4 is 16.8 Å². The van der Waals surface area contributed by atoms with Crippen LogP contribution in [-0.4, -0.2) is 46.7 Å². The van der Waals surface area contributed by atoms with E-state index in [0.29, 0.717) is 30.9 Å². The minimum absolute atomic E-state index is 0.246. The molecule has 0 spiro atoms. The number of rotatable bonds is 7. The van der Waals surface area contributed by atoms with Gasteiger partial charge in [0.1, 0.15) is 18.6 Å². The number of nitrogens with one attached hydrogen (secondary N) is 2. The number of carbonyl (C=O) groups excluding carboxylic acids is 1. The third-order valence-electron chi connectivity index (χ3n) is 5.70. The molecule has 168 valence electrons. The number of para-hydroxylation sites is 1. The molecule has 4 rings (SSSR count). The van der Waals surface area contributed by atoms with E-state index >= 15 is 0 Å². The average molecular weight is 437 g/mol. The molecule has 1 aliphatic heterocycles. The zero-order valence-electron chi connectivity index (χ0n) is 17.8. The van der Waals surface area contributed by atoms with Crippen LogP contribution in [0.15, 0.2) is 54.6 Å². The van der Waals surface area contributed by atoms with Crippen molar-refractivity contribution in [2.24, 2.45) is 5.92 Å². The van der Waals surface area contributed by atoms with Crippen molar-refractivity contribution in [3.05, 3.63) is 71.4 Å². The summed E-state index contributed by atoms with van der Waals surface area (Å²) in [4.78, 5) is 17.2. The number of fused-ring (bicyclic) bond motifs is 1. The molecule has 8 heteroatoms. The normalized spacial score (nSPS) is 19.5. The summed E-state index contributed by atoms with van der Waals surface area (Å²) in [6.45, 7) is 3.08. The monoisotopic (exact) mass is 437 g/mol. The SMILES string of the molecule is Cc1cc(COc2ccc(C(=O)N[C@@H]3CCOC[C@@H]3C(O)NO)cc2)c2ccccc2n1. The lowest BCUT2D eigenvalue weighted by atomic mass is 9.94. The fraction of sp³-hybridized carbons (Fsp3) is 0.333. The molecule has 8 nitrogen and oxygen atoms in total. The van der Waals surface area contributed by atoms with Gasteiger partial charge >= 0.3 is 0 Å². The van der Waals surface area contributed by atoms with E-state index in [1.807, 2.05) is 42.7 Å². The Balaban J connectivity index is 1.40. The van der Waals surface area contributed by atoms with E-state index < -0.39 is 12.1 Å². The molecule has 32 heavy (non-hydrogen) atoms. The number of amides is 1. The number of hydrogen-bond donors (Lipinski definition) is 4. The summed E-state index contributed by atoms with van der Waals surface area (Å²) in [5.41, 5.74) is 5.24. The Labute approximate surface area is 186 Å². The highest BCUT2D eigenvalue weighted by atomic mass is 16.5. The second-order valence-corrected chi connectivity index (χ2v) is 7.93. The zero-order valence-corrected chi connectivity index (χ0v) is 17.8. The van der Waals surface area contributed by atoms with E-state index in [2.05, 4.69) is 10.3 Å². The number of ether oxygens (including phenoxy) is 2. The molecule has 4 N–H and O–H groups in total. The zero-order chi connectivity index (χ0) is 22.5. The maximum Gasteiger partial charge on any atom is 0.251 e. The molecule has 1 amide bonds. The third kappa shape index (κ3) is 5.05. The van der Waals surface area contributed by atoms with Crippen LogP contribution in [0, 0.1) is 12.8 Å². The van der Waals surface area contributed by atoms with Crippen molar-refractivity contribution in [1.82, 2.24) is 15.8 Å². The lowest BCUT2D eigenvalue weighted by Gasteiger charge is -2.34. The first-order valence-corrected chi connectivity index (χ1v) is 10.6. The number of hydroxylamine groups is 1. The Bertz CT molecular complexity index is 1070. The predicted molar refractivity (Wildman–Crippen MR) is 118 cm³/mol. The van der Waals surface area contributed by atoms with Gasteiger partial charge in [-0.15, -0.1) is 0 Å². The number of pyridine rings is 1. The Morgan fingerprint density at radius 2 is 2.03 bits per heavy atom. The molecule has 0 bridgehead atoms. The van der Waals surface area contributed by atoms with E-state index in [-0.39, 0.29) is 18.6 Å². The summed E-state index contributed by atoms with van der Waals surface area (Å²) in [6, 6.07) is 16.6. The van der Waals surface area contributed by atoms with E-state index in [4.69, 9.17) is 14.7 Å². The second kappa shape index (κ2) is 10.1. The molecule has 1 unspecified atom stereocenters. The fourth-order valence-corrected chi connectivity index (χ4v) is 3.98. The first kappa shape index (κ1) is 22.2. The number of hydrogen-bond acceptors (Lipinski definition) is 7. The first-order chi connectivity index (χ1) is 15.5. The van der Waals surface area contributed by atoms with Gasteiger partial charge < -0.3 is 25.1 Å². The van der Waals surface area contributed by atoms with Gasteiger partial charge in [0.05, 0.1) is 12.1 Å². The number of aryl methyl sites for hydroxylation is 1. The summed E-state index contributed by atoms with van der Waals surface area (Å²) in [7, 11) is 0. The number of benzene rings is 2. The first-order valence-electron chi connectivity index (χ1n) is 10.6. The minimum Gasteiger partial charge on any atom is -0.489 e. The van der Waals surface area contributed by atoms with E-state index in [1.165, 1.54) is 0 Å². The third-order valence-corrected chi connectivity index (χ3v) is 5.70. The average Bonchev–Trinajstić information content (AvgIpc) is 2.82. The Morgan fingerprint density at radius 3 is 2.81 bits per heavy atom. The highest BCUT2D eigenvalue weighted by Gasteiger charge is 2.32. The van der Waals surface area contributed by atoms with Crippen molar-refractivity contribution in [1.29, 1.82) is 0 Å². The summed E-state index contributed by atoms with van der Waals surface area (Å²) in [5, 5.41) is 22.9. The van der Waals surface area contributed by atoms with Crippen LogP contribution < -0.4 is 15.5 Å². The summed E-state index contributed by atoms with van der Waals surface area (Å²) < 4.78 is 11.3. The molecule has 2 heterocycles. The van der Waals surface area contributed by atoms with Crippen LogP contribution in [0.25, 0.3) is 10.9 Å². The molecule has 1 aromatic heterocycles. The van der Waals surface area contributed by atoms with E-state index in [9.17, 15) is 9.90 Å². The van der Waals surface area contributed by atoms with E-state index in [1.54, 1.807) is 24.3 Å². The van der Waals surface area contributed by atoms with Crippen molar-refractivity contribution in [3.63, 3.8) is 0 Å². The van der Waals surface area contributed by atoms with Crippen LogP contribution in [0.2, 0.25) is 0 Å². The molecule has 3 aromatic rings. The van der Waals surface area contributed by atoms with Crippen molar-refractivity contribution in [2.75, 3.05) is 13.2 Å². The van der Waals surface area contributed by atoms with Gasteiger partial charge in [-0.05, 0) is 49.7 Å². The maximum absolute atomic E-state index is 12.7. The van der Waals surface area contributed by atoms with Crippen molar-refractivity contribution in [2.45, 2.75) is 32.2 Å². The second-order valence-electron chi connectivity index (χ2n) is 7.93. The summed E-state index contributed by atoms with van der Waals surface area (Å²) in [5.74, 6) is -0.0442. The Morgan fingerprint density at radius 1 is 1.25 bits per heavy atom. The molecule has 2 aromatic carbocycles. The van der Waals surface area contributed by atoms with Crippen LogP contribution in [0.1, 0.15) is 28.0 Å². The molecule has 0 aliphatic carbocycles. The summed E-state index contributed by atoms with van der Waals surface area (Å²) in [6.07, 6.45) is -0.625. The fourth-order valence-electron chi connectivity index (χ4n) is 3.98. The van der Waals surface area contributed by atoms with Gasteiger partial charge in [-0.25, -0.2) is 0 Å². The van der Waals surface area contributed by atoms with Crippen molar-refractivity contribution in [3.8, 4) is 5.75 Å². The van der Waals surface area contributed by atoms with Crippen LogP contribution in [-0.2, 0) is 11.3 Å². The van der Waals surface area contributed by atoms with Gasteiger partial charge in [0.2, 0.25) is 0 Å². The predicted octanol–water partition coefficient (Wildman–Crippen LogP) is 2.55. The van der Waals surface area contributed by atoms with E-state index in [0.717, 1.165) is 22.2 Å². The number of aliphatic hydroxyl groups is 1. The molecule has 3 atom stereocenters. The van der Waals surface area contributed by atoms with Gasteiger partial charge in [-0.3, -0.25) is 9.78 Å². The maximum atomic E-state index is 12.7. The lowest BCUT2D eigenvalue weighted by molar-refractivity contribution is -0.0874. The minimum atomic E-state index is -1.18. The molecule has 0 saturated carbocycles. The molecule has 1 aliphatic rings. The Kier molecular flexibility index (Phi) is 6.96. The Hall–Kier alpha value is -3.04. The quantitative estimate of drug-likeness (QED) is 0.332. The van der Waals surface area contributed by atoms with Gasteiger partial charge in [0.15, 0.2) is 0 Å². The van der Waals surface area contributed by atoms with Gasteiger partial charge in [0.25, 0.3) is 5.91 Å². The number of carbonyl (C=O) groups is 1. The lowest BCUT2D eigenvalue weighted by Crippen LogP contribution is -2.53. The van der Waals surface area contributed by atoms with Crippen LogP contribution in [0.3, 0.4) is 0 Å². The standard InChI is InChI=1S/C24H27N3O5/c1-15-12-17(19-4-2-3-5-21(19)25-15)13-32-18-8-6-16(7-9-18)23(28)26-22-10-11-31-14-20(22)24(29)27-30/h2-9,12,20,22,24,27,29-30H,10-11,13-14H2,1H3,(H,26,28)/t20-,22+,24?/m0/s1. The van der Waals surface area contributed by atoms with Crippen LogP contribution >= 0.6 is 0 Å². The highest BCUT2D eigenvalue weighted by Crippen LogP contribution is 2.22. The number of nitrogens with zero attached hydrogens (tertiary/aromatic N) is 1. The number of aromatic nitrogens is 1. The molecule has 0 radical (unpaired) electrons. The van der Waals surface area contributed by atoms with Crippen molar-refractivity contribution < 1.29 is 24.6 Å². The topological polar surface area (TPSA) is 113 Å². The molecule has 1 fully saturated rings. The molecule has 1 saturated heterocycles. The van der Waals surface area contributed by atoms with Crippen LogP contribution in [0.4, 0.5) is 0 Å². The smallest absolute Gasteiger partial charge is 0.251 e. The largest absolute Gasteiger partial charge is 0.489 e. The summed E-state index contributed by atoms with van der Waals surface area (Å²) >= 11 is 0. The number of aliphatic hydroxyl groups excluding tert-OH is 1. The van der Waals surface area contributed by atoms with Crippen LogP contribution in [0.5, 0.6) is 5.75 Å². The molecular formula is C24H27N3O5. The highest BCUT2D eigenvalue weighted by molar-refractivity contribution is 5.94.